The van der Waals surface area contributed by atoms with E-state index in [0.717, 1.165) is 15.2 Å². The van der Waals surface area contributed by atoms with Crippen LogP contribution in [0.25, 0.3) is 11.0 Å². The van der Waals surface area contributed by atoms with Crippen LogP contribution in [0.3, 0.4) is 0 Å². The van der Waals surface area contributed by atoms with Crippen LogP contribution in [0.1, 0.15) is 17.1 Å². The smallest absolute Gasteiger partial charge is 0.361 e. The summed E-state index contributed by atoms with van der Waals surface area (Å²) in [5.41, 5.74) is -2.68. The van der Waals surface area contributed by atoms with Crippen LogP contribution in [-0.2, 0) is 19.8 Å². The Balaban J connectivity index is 2.23. The van der Waals surface area contributed by atoms with Crippen LogP contribution in [-0.4, -0.2) is 19.3 Å². The fourth-order valence-corrected chi connectivity index (χ4v) is 2.33. The summed E-state index contributed by atoms with van der Waals surface area (Å²) < 4.78 is 44.9. The van der Waals surface area contributed by atoms with Crippen LogP contribution in [0.15, 0.2) is 32.3 Å². The van der Waals surface area contributed by atoms with Crippen LogP contribution in [0.5, 0.6) is 0 Å². The first-order valence-electron chi connectivity index (χ1n) is 6.78. The van der Waals surface area contributed by atoms with Gasteiger partial charge in [0.1, 0.15) is 22.8 Å². The summed E-state index contributed by atoms with van der Waals surface area (Å²) in [6.07, 6.45) is -4.67. The van der Waals surface area contributed by atoms with Gasteiger partial charge in [-0.25, -0.2) is 9.78 Å². The molecule has 3 aromatic rings. The summed E-state index contributed by atoms with van der Waals surface area (Å²) in [7, 11) is 1.25. The van der Waals surface area contributed by atoms with Crippen molar-refractivity contribution in [2.24, 2.45) is 7.05 Å². The highest BCUT2D eigenvalue weighted by atomic mass is 19.4. The zero-order valence-corrected chi connectivity index (χ0v) is 12.6. The molecule has 0 fully saturated rings. The van der Waals surface area contributed by atoms with E-state index in [1.165, 1.54) is 7.05 Å². The van der Waals surface area contributed by atoms with E-state index in [4.69, 9.17) is 4.52 Å². The maximum atomic E-state index is 12.8. The second kappa shape index (κ2) is 5.32. The molecular formula is C14H11F3N4O3. The monoisotopic (exact) mass is 340 g/mol. The number of hydrogen-bond donors (Lipinski definition) is 0. The number of pyridine rings is 1. The fourth-order valence-electron chi connectivity index (χ4n) is 2.33. The Morgan fingerprint density at radius 3 is 2.54 bits per heavy atom. The average molecular weight is 340 g/mol. The van der Waals surface area contributed by atoms with Crippen molar-refractivity contribution in [3.05, 3.63) is 56.2 Å². The van der Waals surface area contributed by atoms with E-state index in [0.29, 0.717) is 17.5 Å². The van der Waals surface area contributed by atoms with E-state index < -0.39 is 23.1 Å². The van der Waals surface area contributed by atoms with Gasteiger partial charge in [-0.1, -0.05) is 5.16 Å². The van der Waals surface area contributed by atoms with Gasteiger partial charge < -0.3 is 4.52 Å². The Bertz CT molecular complexity index is 1050. The highest BCUT2D eigenvalue weighted by Crippen LogP contribution is 2.28. The molecule has 0 unspecified atom stereocenters. The van der Waals surface area contributed by atoms with Crippen LogP contribution in [0, 0.1) is 6.92 Å². The summed E-state index contributed by atoms with van der Waals surface area (Å²) in [4.78, 5) is 28.2. The van der Waals surface area contributed by atoms with Gasteiger partial charge in [0.15, 0.2) is 0 Å². The largest absolute Gasteiger partial charge is 0.433 e. The minimum Gasteiger partial charge on any atom is -0.361 e. The number of aryl methyl sites for hydroxylation is 2. The first kappa shape index (κ1) is 16.0. The Labute approximate surface area is 131 Å². The predicted molar refractivity (Wildman–Crippen MR) is 76.6 cm³/mol. The summed E-state index contributed by atoms with van der Waals surface area (Å²) in [5.74, 6) is 0.507. The topological polar surface area (TPSA) is 82.9 Å². The molecule has 0 amide bonds. The zero-order chi connectivity index (χ0) is 17.6. The predicted octanol–water partition coefficient (Wildman–Crippen LogP) is 1.46. The second-order valence-electron chi connectivity index (χ2n) is 5.23. The minimum atomic E-state index is -4.67. The lowest BCUT2D eigenvalue weighted by molar-refractivity contribution is -0.141. The Kier molecular flexibility index (Phi) is 3.54. The third-order valence-electron chi connectivity index (χ3n) is 3.47. The van der Waals surface area contributed by atoms with Gasteiger partial charge in [0.2, 0.25) is 0 Å². The highest BCUT2D eigenvalue weighted by Gasteiger charge is 2.33. The zero-order valence-electron chi connectivity index (χ0n) is 12.6. The van der Waals surface area contributed by atoms with Crippen LogP contribution < -0.4 is 11.2 Å². The number of hydrogen-bond acceptors (Lipinski definition) is 5. The normalized spacial score (nSPS) is 12.0. The lowest BCUT2D eigenvalue weighted by Crippen LogP contribution is -2.39. The Morgan fingerprint density at radius 2 is 1.96 bits per heavy atom. The third kappa shape index (κ3) is 2.59. The van der Waals surface area contributed by atoms with Crippen molar-refractivity contribution in [2.75, 3.05) is 0 Å². The number of nitrogens with zero attached hydrogens (tertiary/aromatic N) is 4. The third-order valence-corrected chi connectivity index (χ3v) is 3.47. The minimum absolute atomic E-state index is 0.0923. The average Bonchev–Trinajstić information content (AvgIpc) is 2.93. The molecule has 0 atom stereocenters. The van der Waals surface area contributed by atoms with E-state index >= 15 is 0 Å². The molecule has 3 heterocycles. The molecule has 0 bridgehead atoms. The Hall–Kier alpha value is -2.91. The van der Waals surface area contributed by atoms with Gasteiger partial charge in [0.05, 0.1) is 11.9 Å². The van der Waals surface area contributed by atoms with Gasteiger partial charge >= 0.3 is 11.9 Å². The summed E-state index contributed by atoms with van der Waals surface area (Å²) in [5, 5.41) is 3.61. The molecular weight excluding hydrogens is 329 g/mol. The molecule has 0 radical (unpaired) electrons. The molecule has 126 valence electrons. The number of fused-ring (bicyclic) bond motifs is 1. The molecule has 0 aliphatic carbocycles. The summed E-state index contributed by atoms with van der Waals surface area (Å²) >= 11 is 0. The fraction of sp³-hybridized carbons (Fsp3) is 0.286. The SMILES string of the molecule is Cc1cc(Cn2c(=O)c3ccc(C(F)(F)F)nc3n(C)c2=O)no1. The highest BCUT2D eigenvalue weighted by molar-refractivity contribution is 5.74. The summed E-state index contributed by atoms with van der Waals surface area (Å²) in [6, 6.07) is 3.28. The maximum Gasteiger partial charge on any atom is 0.433 e. The molecule has 3 aromatic heterocycles. The molecule has 10 heteroatoms. The number of halogens is 3. The van der Waals surface area contributed by atoms with Crippen molar-refractivity contribution >= 4 is 11.0 Å². The lowest BCUT2D eigenvalue weighted by atomic mass is 10.2. The Morgan fingerprint density at radius 1 is 1.25 bits per heavy atom. The van der Waals surface area contributed by atoms with E-state index in [2.05, 4.69) is 10.1 Å². The van der Waals surface area contributed by atoms with Gasteiger partial charge in [0.25, 0.3) is 5.56 Å². The molecule has 0 aliphatic rings. The van der Waals surface area contributed by atoms with Gasteiger partial charge in [-0.15, -0.1) is 0 Å². The number of alkyl halides is 3. The second-order valence-corrected chi connectivity index (χ2v) is 5.23. The lowest BCUT2D eigenvalue weighted by Gasteiger charge is -2.11. The molecule has 7 nitrogen and oxygen atoms in total. The van der Waals surface area contributed by atoms with Crippen molar-refractivity contribution in [3.63, 3.8) is 0 Å². The van der Waals surface area contributed by atoms with Crippen LogP contribution in [0.2, 0.25) is 0 Å². The van der Waals surface area contributed by atoms with Crippen molar-refractivity contribution in [3.8, 4) is 0 Å². The molecule has 0 saturated heterocycles. The van der Waals surface area contributed by atoms with Gasteiger partial charge in [-0.05, 0) is 19.1 Å². The molecule has 0 saturated carbocycles. The number of rotatable bonds is 2. The number of aromatic nitrogens is 4. The van der Waals surface area contributed by atoms with Crippen LogP contribution in [0.4, 0.5) is 13.2 Å². The molecule has 0 N–H and O–H groups in total. The van der Waals surface area contributed by atoms with Crippen molar-refractivity contribution in [2.45, 2.75) is 19.6 Å². The first-order chi connectivity index (χ1) is 11.2. The van der Waals surface area contributed by atoms with E-state index in [9.17, 15) is 22.8 Å². The molecule has 0 aliphatic heterocycles. The maximum absolute atomic E-state index is 12.8. The van der Waals surface area contributed by atoms with Gasteiger partial charge in [0, 0.05) is 13.1 Å². The van der Waals surface area contributed by atoms with Crippen LogP contribution >= 0.6 is 0 Å². The quantitative estimate of drug-likeness (QED) is 0.705. The van der Waals surface area contributed by atoms with Crippen molar-refractivity contribution < 1.29 is 17.7 Å². The van der Waals surface area contributed by atoms with E-state index in [-0.39, 0.29) is 17.6 Å². The van der Waals surface area contributed by atoms with Gasteiger partial charge in [-0.3, -0.25) is 13.9 Å². The standard InChI is InChI=1S/C14H11F3N4O3/c1-7-5-8(19-24-7)6-21-12(22)9-3-4-10(14(15,16)17)18-11(9)20(2)13(21)23/h3-5H,6H2,1-2H3. The van der Waals surface area contributed by atoms with Gasteiger partial charge in [-0.2, -0.15) is 13.2 Å². The summed E-state index contributed by atoms with van der Waals surface area (Å²) in [6.45, 7) is 1.50. The molecule has 0 spiro atoms. The molecule has 24 heavy (non-hydrogen) atoms. The van der Waals surface area contributed by atoms with Crippen molar-refractivity contribution in [1.82, 2.24) is 19.3 Å². The van der Waals surface area contributed by atoms with E-state index in [1.807, 2.05) is 0 Å². The van der Waals surface area contributed by atoms with Crippen molar-refractivity contribution in [1.29, 1.82) is 0 Å². The molecule has 3 rings (SSSR count). The molecule has 0 aromatic carbocycles. The first-order valence-corrected chi connectivity index (χ1v) is 6.78. The van der Waals surface area contributed by atoms with E-state index in [1.54, 1.807) is 13.0 Å².